The fourth-order valence-electron chi connectivity index (χ4n) is 7.49. The first-order valence-corrected chi connectivity index (χ1v) is 17.6. The first-order valence-electron chi connectivity index (χ1n) is 17.6. The number of amides is 3. The maximum absolute atomic E-state index is 13.7. The normalized spacial score (nSPS) is 25.4. The van der Waals surface area contributed by atoms with Gasteiger partial charge in [-0.1, -0.05) is 61.7 Å². The molecule has 5 unspecified atom stereocenters. The van der Waals surface area contributed by atoms with Crippen LogP contribution in [0.3, 0.4) is 0 Å². The van der Waals surface area contributed by atoms with Gasteiger partial charge in [-0.15, -0.1) is 0 Å². The van der Waals surface area contributed by atoms with Gasteiger partial charge in [0.05, 0.1) is 31.2 Å². The summed E-state index contributed by atoms with van der Waals surface area (Å²) < 4.78 is 10.6. The minimum Gasteiger partial charge on any atom is -0.497 e. The van der Waals surface area contributed by atoms with Crippen molar-refractivity contribution in [1.82, 2.24) is 20.9 Å². The molecule has 4 N–H and O–H groups in total. The van der Waals surface area contributed by atoms with E-state index in [1.165, 1.54) is 12.8 Å². The number of ether oxygens (including phenoxy) is 2. The van der Waals surface area contributed by atoms with E-state index < -0.39 is 24.2 Å². The molecule has 1 aliphatic heterocycles. The Labute approximate surface area is 285 Å². The summed E-state index contributed by atoms with van der Waals surface area (Å²) in [5.41, 5.74) is 1.47. The summed E-state index contributed by atoms with van der Waals surface area (Å²) in [4.78, 5) is 42.0. The summed E-state index contributed by atoms with van der Waals surface area (Å²) in [6.07, 6.45) is 5.78. The first kappa shape index (κ1) is 35.7. The molecule has 0 spiro atoms. The van der Waals surface area contributed by atoms with Crippen molar-refractivity contribution < 1.29 is 29.0 Å². The van der Waals surface area contributed by atoms with Crippen LogP contribution in [-0.2, 0) is 27.4 Å². The number of carbonyl (C=O) groups is 3. The Kier molecular flexibility index (Phi) is 12.0. The van der Waals surface area contributed by atoms with E-state index in [1.54, 1.807) is 7.11 Å². The number of aliphatic hydroxyl groups is 1. The van der Waals surface area contributed by atoms with Crippen LogP contribution >= 0.6 is 0 Å². The fraction of sp³-hybridized carbons (Fsp3) is 0.605. The number of rotatable bonds is 12. The average molecular weight is 663 g/mol. The Morgan fingerprint density at radius 2 is 1.62 bits per heavy atom. The molecule has 48 heavy (non-hydrogen) atoms. The summed E-state index contributed by atoms with van der Waals surface area (Å²) in [5.74, 6) is 1.14. The molecule has 10 nitrogen and oxygen atoms in total. The number of piperidine rings is 1. The van der Waals surface area contributed by atoms with Crippen LogP contribution in [0.2, 0.25) is 0 Å². The lowest BCUT2D eigenvalue weighted by atomic mass is 9.72. The van der Waals surface area contributed by atoms with Crippen LogP contribution in [0.5, 0.6) is 5.75 Å². The average Bonchev–Trinajstić information content (AvgIpc) is 3.05. The van der Waals surface area contributed by atoms with E-state index in [2.05, 4.69) is 20.9 Å². The Bertz CT molecular complexity index is 1360. The molecule has 3 amide bonds. The summed E-state index contributed by atoms with van der Waals surface area (Å²) in [6, 6.07) is 15.9. The summed E-state index contributed by atoms with van der Waals surface area (Å²) in [7, 11) is 1.60. The standard InChI is InChI=1S/C38H54N4O6/c1-38(2,3)41-36(45)33-21-27-12-8-9-13-28(27)22-42(33)23-34(43)32(20-25-10-6-5-7-11-25)39-35(44)30-18-19-31(30)40-37(46)48-24-26-14-16-29(47-4)17-15-26/h5-7,10-11,14-17,27-28,30-34,43H,8-9,12-13,18-24H2,1-4H3,(H,39,44)(H,40,46)(H,41,45)/t27?,28?,30?,31?,32-,33-,34?/m0/s1. The van der Waals surface area contributed by atoms with Crippen molar-refractivity contribution in [1.29, 1.82) is 0 Å². The molecule has 2 aromatic carbocycles. The molecule has 7 atom stereocenters. The monoisotopic (exact) mass is 662 g/mol. The smallest absolute Gasteiger partial charge is 0.407 e. The fourth-order valence-corrected chi connectivity index (χ4v) is 7.49. The highest BCUT2D eigenvalue weighted by molar-refractivity contribution is 5.83. The van der Waals surface area contributed by atoms with Gasteiger partial charge in [0.25, 0.3) is 0 Å². The molecule has 5 rings (SSSR count). The number of hydrogen-bond donors (Lipinski definition) is 4. The van der Waals surface area contributed by atoms with Gasteiger partial charge < -0.3 is 30.5 Å². The number of carbonyl (C=O) groups excluding carboxylic acids is 3. The van der Waals surface area contributed by atoms with Crippen LogP contribution in [-0.4, -0.2) is 77.9 Å². The van der Waals surface area contributed by atoms with Crippen molar-refractivity contribution in [3.8, 4) is 5.75 Å². The zero-order valence-corrected chi connectivity index (χ0v) is 29.0. The molecule has 2 aromatic rings. The first-order chi connectivity index (χ1) is 23.0. The van der Waals surface area contributed by atoms with Crippen molar-refractivity contribution in [3.05, 3.63) is 65.7 Å². The Morgan fingerprint density at radius 3 is 2.27 bits per heavy atom. The van der Waals surface area contributed by atoms with Crippen molar-refractivity contribution in [2.24, 2.45) is 17.8 Å². The number of nitrogens with one attached hydrogen (secondary N) is 3. The largest absolute Gasteiger partial charge is 0.497 e. The Balaban J connectivity index is 1.23. The van der Waals surface area contributed by atoms with Crippen molar-refractivity contribution >= 4 is 17.9 Å². The summed E-state index contributed by atoms with van der Waals surface area (Å²) in [5, 5.41) is 21.0. The number of fused-ring (bicyclic) bond motifs is 1. The number of methoxy groups -OCH3 is 1. The zero-order chi connectivity index (χ0) is 34.3. The molecular formula is C38H54N4O6. The van der Waals surface area contributed by atoms with Gasteiger partial charge in [0.1, 0.15) is 12.4 Å². The summed E-state index contributed by atoms with van der Waals surface area (Å²) >= 11 is 0. The molecule has 262 valence electrons. The molecule has 2 saturated carbocycles. The highest BCUT2D eigenvalue weighted by atomic mass is 16.5. The second-order valence-electron chi connectivity index (χ2n) is 15.0. The number of benzene rings is 2. The lowest BCUT2D eigenvalue weighted by Gasteiger charge is -2.47. The van der Waals surface area contributed by atoms with Crippen LogP contribution in [0, 0.1) is 17.8 Å². The van der Waals surface area contributed by atoms with Crippen LogP contribution in [0.1, 0.15) is 76.8 Å². The molecule has 1 heterocycles. The van der Waals surface area contributed by atoms with Crippen LogP contribution < -0.4 is 20.7 Å². The third-order valence-electron chi connectivity index (χ3n) is 10.3. The van der Waals surface area contributed by atoms with E-state index in [1.807, 2.05) is 75.4 Å². The van der Waals surface area contributed by atoms with E-state index in [0.29, 0.717) is 31.1 Å². The zero-order valence-electron chi connectivity index (χ0n) is 29.0. The lowest BCUT2D eigenvalue weighted by molar-refractivity contribution is -0.134. The maximum atomic E-state index is 13.7. The molecule has 0 aromatic heterocycles. The number of aliphatic hydroxyl groups excluding tert-OH is 1. The van der Waals surface area contributed by atoms with E-state index in [-0.39, 0.29) is 42.6 Å². The second kappa shape index (κ2) is 16.2. The van der Waals surface area contributed by atoms with Crippen molar-refractivity contribution in [3.63, 3.8) is 0 Å². The Morgan fingerprint density at radius 1 is 0.917 bits per heavy atom. The van der Waals surface area contributed by atoms with E-state index in [0.717, 1.165) is 42.7 Å². The van der Waals surface area contributed by atoms with Crippen molar-refractivity contribution in [2.75, 3.05) is 20.2 Å². The number of β-amino-alcohol motifs (C(OH)–C–C–N with tert-alkyl or cyclic N) is 1. The van der Waals surface area contributed by atoms with Gasteiger partial charge in [-0.25, -0.2) is 4.79 Å². The van der Waals surface area contributed by atoms with E-state index in [9.17, 15) is 19.5 Å². The highest BCUT2D eigenvalue weighted by Gasteiger charge is 2.43. The third-order valence-corrected chi connectivity index (χ3v) is 10.3. The van der Waals surface area contributed by atoms with Crippen LogP contribution in [0.25, 0.3) is 0 Å². The molecular weight excluding hydrogens is 608 g/mol. The lowest BCUT2D eigenvalue weighted by Crippen LogP contribution is -2.61. The van der Waals surface area contributed by atoms with Gasteiger partial charge >= 0.3 is 6.09 Å². The van der Waals surface area contributed by atoms with Crippen LogP contribution in [0.4, 0.5) is 4.79 Å². The highest BCUT2D eigenvalue weighted by Crippen LogP contribution is 2.39. The molecule has 2 aliphatic carbocycles. The molecule has 1 saturated heterocycles. The van der Waals surface area contributed by atoms with Gasteiger partial charge in [-0.2, -0.15) is 0 Å². The number of nitrogens with zero attached hydrogens (tertiary/aromatic N) is 1. The number of hydrogen-bond acceptors (Lipinski definition) is 7. The minimum atomic E-state index is -0.903. The van der Waals surface area contributed by atoms with E-state index >= 15 is 0 Å². The maximum Gasteiger partial charge on any atom is 0.407 e. The topological polar surface area (TPSA) is 129 Å². The van der Waals surface area contributed by atoms with Gasteiger partial charge in [0.15, 0.2) is 0 Å². The van der Waals surface area contributed by atoms with Gasteiger partial charge in [-0.05, 0) is 88.0 Å². The van der Waals surface area contributed by atoms with Gasteiger partial charge in [0.2, 0.25) is 11.8 Å². The molecule has 3 aliphatic rings. The molecule has 0 bridgehead atoms. The van der Waals surface area contributed by atoms with Crippen LogP contribution in [0.15, 0.2) is 54.6 Å². The predicted molar refractivity (Wildman–Crippen MR) is 184 cm³/mol. The quantitative estimate of drug-likeness (QED) is 0.262. The number of likely N-dealkylation sites (tertiary alicyclic amines) is 1. The third kappa shape index (κ3) is 9.72. The van der Waals surface area contributed by atoms with Gasteiger partial charge in [-0.3, -0.25) is 14.5 Å². The molecule has 10 heteroatoms. The van der Waals surface area contributed by atoms with E-state index in [4.69, 9.17) is 9.47 Å². The SMILES string of the molecule is COc1ccc(COC(=O)NC2CCC2C(=O)N[C@@H](Cc2ccccc2)C(O)CN2CC3CCCCC3C[C@H]2C(=O)NC(C)(C)C)cc1. The molecule has 3 fully saturated rings. The number of alkyl carbamates (subject to hydrolysis) is 1. The van der Waals surface area contributed by atoms with Gasteiger partial charge in [0, 0.05) is 24.7 Å². The predicted octanol–water partition coefficient (Wildman–Crippen LogP) is 4.58. The second-order valence-corrected chi connectivity index (χ2v) is 15.0. The minimum absolute atomic E-state index is 0.00429. The molecule has 0 radical (unpaired) electrons. The summed E-state index contributed by atoms with van der Waals surface area (Å²) in [6.45, 7) is 7.13. The Hall–Kier alpha value is -3.63. The van der Waals surface area contributed by atoms with Crippen molar-refractivity contribution in [2.45, 2.75) is 109 Å².